The van der Waals surface area contributed by atoms with E-state index in [4.69, 9.17) is 89.1 Å². The number of aromatic nitrogens is 16. The van der Waals surface area contributed by atoms with E-state index in [2.05, 4.69) is 90.8 Å². The SMILES string of the molecule is O=c1ssc2ccccc12.[C-]#[N+]CCOP1(=O)OC[C@H]2O[C@@H](n3cnc4c(=O)[nH]c(NC(=O)C(C)C)nc43)[C@H](OP(O)(=S)OC[C@H]3O[C@@H](n4cnc5c(NC(=O)c6ccccc6)ncnc54)[C@@H](F)[C@@H]3O1)[C@@H]2F.[C-]#[N+]CCOP1(=O)OC[C@H]2O[C@@H](n3cnc4c(=O)[nH]c(NC(=O)C(C)C)nc43)[C@H](OP(O)OC[C@H]3O[C@@H](n4cnc5c(NC(=O)c6ccccc6)ncnc54)[C@@H](F)[C@@H]3O1)[C@@H]2F. The van der Waals surface area contributed by atoms with Gasteiger partial charge in [0.25, 0.3) is 27.7 Å². The fourth-order valence-corrected chi connectivity index (χ4v) is 21.0. The van der Waals surface area contributed by atoms with E-state index >= 15 is 17.6 Å². The van der Waals surface area contributed by atoms with Crippen LogP contribution in [0, 0.1) is 25.0 Å². The normalized spacial score (nSPS) is 28.4. The van der Waals surface area contributed by atoms with E-state index in [1.54, 1.807) is 98.7 Å². The molecule has 20 atom stereocenters. The molecule has 0 saturated carbocycles. The Balaban J connectivity index is 0.000000175. The van der Waals surface area contributed by atoms with Crippen molar-refractivity contribution in [3.8, 4) is 0 Å². The molecule has 9 aromatic heterocycles. The van der Waals surface area contributed by atoms with E-state index < -0.39 is 216 Å². The van der Waals surface area contributed by atoms with Gasteiger partial charge in [-0.15, -0.1) is 0 Å². The van der Waals surface area contributed by atoms with Crippen molar-refractivity contribution in [1.29, 1.82) is 0 Å². The third kappa shape index (κ3) is 20.8. The summed E-state index contributed by atoms with van der Waals surface area (Å²) in [6.45, 7) is 11.3. The average Bonchev–Trinajstić information content (AvgIpc) is 1.63. The second-order valence-electron chi connectivity index (χ2n) is 30.0. The Labute approximate surface area is 758 Å². The van der Waals surface area contributed by atoms with Crippen molar-refractivity contribution < 1.29 is 120 Å². The summed E-state index contributed by atoms with van der Waals surface area (Å²) in [5, 5.41) is 11.1. The number of benzene rings is 3. The number of amides is 4. The smallest absolute Gasteiger partial charge is 0.346 e. The minimum absolute atomic E-state index is 0.000708. The van der Waals surface area contributed by atoms with Gasteiger partial charge in [-0.2, -0.15) is 9.97 Å². The summed E-state index contributed by atoms with van der Waals surface area (Å²) < 4.78 is 181. The lowest BCUT2D eigenvalue weighted by molar-refractivity contribution is -0.119. The Kier molecular flexibility index (Phi) is 29.1. The van der Waals surface area contributed by atoms with Gasteiger partial charge in [0.15, 0.2) is 106 Å². The third-order valence-corrected chi connectivity index (χ3v) is 28.1. The second-order valence-corrected chi connectivity index (χ2v) is 39.1. The maximum atomic E-state index is 16.8. The molecule has 6 aliphatic rings. The van der Waals surface area contributed by atoms with Crippen LogP contribution >= 0.6 is 51.6 Å². The highest BCUT2D eigenvalue weighted by atomic mass is 32.9. The highest BCUT2D eigenvalue weighted by molar-refractivity contribution is 8.07. The number of alkyl halides is 4. The van der Waals surface area contributed by atoms with Gasteiger partial charge in [-0.25, -0.2) is 79.7 Å². The predicted molar refractivity (Wildman–Crippen MR) is 463 cm³/mol. The van der Waals surface area contributed by atoms with E-state index in [-0.39, 0.29) is 86.0 Å². The number of aromatic amines is 2. The van der Waals surface area contributed by atoms with Gasteiger partial charge in [0.05, 0.1) is 57.1 Å². The number of hydrogen-bond donors (Lipinski definition) is 8. The first-order valence-electron chi connectivity index (χ1n) is 39.9. The average molecular weight is 1980 g/mol. The molecule has 12 aromatic rings. The predicted octanol–water partition coefficient (Wildman–Crippen LogP) is 9.04. The van der Waals surface area contributed by atoms with Gasteiger partial charge in [0, 0.05) is 27.7 Å². The highest BCUT2D eigenvalue weighted by Gasteiger charge is 2.58. The number of imidazole rings is 4. The number of halogens is 4. The van der Waals surface area contributed by atoms with Gasteiger partial charge in [-0.1, -0.05) is 86.6 Å². The number of phosphoric acid groups is 2. The standard InChI is InChI=1S/C34H35F2N11O12P2S.C34H35F2N11O12P2.C7H4OS2/c1-16(2)29(48)44-34-43-28-23(31(50)45-34)41-15-47(28)33-25-20(35)18(56-33)11-54-60(51,53-10-9-37-3)58-24-19(12-55-61(52,62)59-25)57-32(21(24)36)46-14-40-22-26(38-13-39-27(22)46)42-30(49)17-7-5-4-6-8-17;1-16(2)29(48)44-34-43-28-23(31(50)45-34)41-15-47(28)33-25-20(35)18(56-33)12-55-61(52,54-10-9-37-3)59-24-19(11-53-60(51)58-25)57-32(21(24)36)46-14-40-22-26(38-13-39-27(22)46)42-30(49)17-7-5-4-6-8-17;8-7-5-3-1-2-4-6(5)9-10-7/h4-8,13-16,18-21,24-25,32-33H,9-12H2,1-2H3,(H,52,62)(H,38,39,42,49)(H2,43,44,45,48,50);4-8,13-16,18-21,24-25,32-33,51H,9-12H2,1-2H3,(H,38,39,42,49)(H2,43,44,45,48,50);1-4H/t2*18-,19-,20-,21+,24-,25-,32-,33-,60?,61?;/m11./s1. The molecular formula is C75H74F4N22O25P4S3. The van der Waals surface area contributed by atoms with Crippen molar-refractivity contribution >= 4 is 165 Å². The first kappa shape index (κ1) is 95.2. The largest absolute Gasteiger partial charge is 0.475 e. The Morgan fingerprint density at radius 1 is 0.534 bits per heavy atom. The van der Waals surface area contributed by atoms with Gasteiger partial charge < -0.3 is 62.6 Å². The van der Waals surface area contributed by atoms with E-state index in [1.165, 1.54) is 21.2 Å². The Morgan fingerprint density at radius 3 is 1.42 bits per heavy atom. The van der Waals surface area contributed by atoms with Crippen LogP contribution < -0.4 is 37.1 Å². The van der Waals surface area contributed by atoms with Crippen LogP contribution in [0.25, 0.3) is 64.4 Å². The number of nitrogens with one attached hydrogen (secondary N) is 6. The molecule has 0 aliphatic carbocycles. The molecule has 6 fully saturated rings. The first-order valence-corrected chi connectivity index (χ1v) is 48.7. The monoisotopic (exact) mass is 1980 g/mol. The fraction of sp³-hybridized carbons (Fsp3) is 0.400. The molecule has 133 heavy (non-hydrogen) atoms. The van der Waals surface area contributed by atoms with Crippen LogP contribution in [-0.2, 0) is 94.7 Å². The summed E-state index contributed by atoms with van der Waals surface area (Å²) in [5.41, 5.74) is -1.54. The lowest BCUT2D eigenvalue weighted by atomic mass is 10.1. The van der Waals surface area contributed by atoms with Crippen molar-refractivity contribution in [3.63, 3.8) is 0 Å². The van der Waals surface area contributed by atoms with Crippen molar-refractivity contribution in [2.45, 2.75) is 126 Å². The second kappa shape index (κ2) is 40.7. The lowest BCUT2D eigenvalue weighted by Crippen LogP contribution is -2.34. The molecule has 3 aromatic carbocycles. The van der Waals surface area contributed by atoms with Gasteiger partial charge >= 0.3 is 31.0 Å². The van der Waals surface area contributed by atoms with Crippen molar-refractivity contribution in [3.05, 3.63) is 187 Å². The molecular weight excluding hydrogens is 1910 g/mol. The highest BCUT2D eigenvalue weighted by Crippen LogP contribution is 2.59. The van der Waals surface area contributed by atoms with Gasteiger partial charge in [-0.05, 0) is 58.5 Å². The summed E-state index contributed by atoms with van der Waals surface area (Å²) in [6, 6.07) is 24.2. The summed E-state index contributed by atoms with van der Waals surface area (Å²) in [4.78, 5) is 163. The van der Waals surface area contributed by atoms with Crippen LogP contribution in [-0.4, -0.2) is 238 Å². The quantitative estimate of drug-likeness (QED) is 0.0130. The fourth-order valence-electron chi connectivity index (χ4n) is 14.0. The lowest BCUT2D eigenvalue weighted by Gasteiger charge is -2.27. The molecule has 58 heteroatoms. The topological polar surface area (TPSA) is 560 Å². The van der Waals surface area contributed by atoms with Crippen LogP contribution in [0.3, 0.4) is 0 Å². The number of fused-ring (bicyclic) bond motifs is 11. The number of H-pyrrole nitrogens is 2. The van der Waals surface area contributed by atoms with Crippen LogP contribution in [0.2, 0.25) is 0 Å². The molecule has 47 nitrogen and oxygen atoms in total. The van der Waals surface area contributed by atoms with Crippen LogP contribution in [0.5, 0.6) is 0 Å². The molecule has 0 spiro atoms. The number of rotatable bonds is 18. The molecule has 8 N–H and O–H groups in total. The van der Waals surface area contributed by atoms with E-state index in [1.807, 2.05) is 24.3 Å². The van der Waals surface area contributed by atoms with E-state index in [9.17, 15) is 52.5 Å². The molecule has 18 rings (SSSR count). The maximum Gasteiger partial charge on any atom is 0.475 e. The van der Waals surface area contributed by atoms with Crippen LogP contribution in [0.4, 0.5) is 41.1 Å². The summed E-state index contributed by atoms with van der Waals surface area (Å²) in [5.74, 6) is -3.41. The zero-order valence-corrected chi connectivity index (χ0v) is 75.1. The molecule has 4 unspecified atom stereocenters. The summed E-state index contributed by atoms with van der Waals surface area (Å²) >= 11 is 5.29. The van der Waals surface area contributed by atoms with Crippen molar-refractivity contribution in [2.75, 3.05) is 74.0 Å². The first-order chi connectivity index (χ1) is 63.9. The zero-order chi connectivity index (χ0) is 93.9. The molecule has 4 bridgehead atoms. The maximum absolute atomic E-state index is 16.8. The number of carbonyl (C=O) groups excluding carboxylic acids is 4. The van der Waals surface area contributed by atoms with E-state index in [0.29, 0.717) is 11.1 Å². The summed E-state index contributed by atoms with van der Waals surface area (Å²) in [7, 11) is -10.1. The summed E-state index contributed by atoms with van der Waals surface area (Å²) in [6.07, 6.45) is -22.1. The third-order valence-electron chi connectivity index (χ3n) is 20.5. The Bertz CT molecular complexity index is 6780. The van der Waals surface area contributed by atoms with Crippen molar-refractivity contribution in [2.24, 2.45) is 11.8 Å². The zero-order valence-electron chi connectivity index (χ0n) is 69.1. The number of anilines is 4. The van der Waals surface area contributed by atoms with Crippen molar-refractivity contribution in [1.82, 2.24) is 78.1 Å². The number of carbonyl (C=O) groups is 4. The number of nitrogens with zero attached hydrogens (tertiary/aromatic N) is 16. The van der Waals surface area contributed by atoms with Crippen LogP contribution in [0.1, 0.15) is 73.3 Å². The molecule has 6 aliphatic heterocycles. The Morgan fingerprint density at radius 2 is 0.955 bits per heavy atom. The molecule has 15 heterocycles. The van der Waals surface area contributed by atoms with Gasteiger partial charge in [0.1, 0.15) is 74.7 Å². The number of phosphoric ester groups is 2. The van der Waals surface area contributed by atoms with Crippen LogP contribution in [0.15, 0.2) is 137 Å². The number of hydrogen-bond acceptors (Lipinski definition) is 37. The molecule has 4 amide bonds. The minimum Gasteiger partial charge on any atom is -0.346 e. The van der Waals surface area contributed by atoms with E-state index in [0.717, 1.165) is 55.4 Å². The Hall–Kier alpha value is -11.0. The van der Waals surface area contributed by atoms with Gasteiger partial charge in [0.2, 0.25) is 36.8 Å². The molecule has 700 valence electrons. The molecule has 6 saturated heterocycles. The number of ether oxygens (including phenoxy) is 4. The minimum atomic E-state index is -4.97. The van der Waals surface area contributed by atoms with Gasteiger partial charge in [-0.3, -0.25) is 104 Å². The molecule has 0 radical (unpaired) electrons.